The lowest BCUT2D eigenvalue weighted by molar-refractivity contribution is -0.128. The standard InChI is InChI=1S/C13H17F2N3O/c1-17(8-12(19)18-4-2-3-5-18)11-7-9(14)6-10(15)13(11)16/h6-7H,2-5,8,16H2,1H3. The van der Waals surface area contributed by atoms with Crippen LogP contribution in [-0.4, -0.2) is 37.5 Å². The fourth-order valence-electron chi connectivity index (χ4n) is 2.24. The third-order valence-corrected chi connectivity index (χ3v) is 3.31. The maximum atomic E-state index is 13.4. The molecule has 1 aliphatic rings. The zero-order chi connectivity index (χ0) is 14.0. The topological polar surface area (TPSA) is 49.6 Å². The van der Waals surface area contributed by atoms with E-state index in [0.717, 1.165) is 38.1 Å². The zero-order valence-electron chi connectivity index (χ0n) is 10.8. The van der Waals surface area contributed by atoms with Gasteiger partial charge in [-0.3, -0.25) is 4.79 Å². The monoisotopic (exact) mass is 269 g/mol. The summed E-state index contributed by atoms with van der Waals surface area (Å²) >= 11 is 0. The molecule has 19 heavy (non-hydrogen) atoms. The minimum Gasteiger partial charge on any atom is -0.395 e. The minimum atomic E-state index is -0.810. The van der Waals surface area contributed by atoms with Crippen molar-refractivity contribution in [1.29, 1.82) is 0 Å². The Balaban J connectivity index is 2.11. The van der Waals surface area contributed by atoms with E-state index in [1.165, 1.54) is 4.90 Å². The molecule has 4 nitrogen and oxygen atoms in total. The molecule has 1 aromatic rings. The summed E-state index contributed by atoms with van der Waals surface area (Å²) in [6, 6.07) is 1.87. The highest BCUT2D eigenvalue weighted by Crippen LogP contribution is 2.26. The normalized spacial score (nSPS) is 14.8. The average Bonchev–Trinajstić information content (AvgIpc) is 2.87. The maximum Gasteiger partial charge on any atom is 0.242 e. The molecule has 0 bridgehead atoms. The van der Waals surface area contributed by atoms with Crippen LogP contribution in [0, 0.1) is 11.6 Å². The highest BCUT2D eigenvalue weighted by Gasteiger charge is 2.20. The summed E-state index contributed by atoms with van der Waals surface area (Å²) < 4.78 is 26.5. The number of nitrogen functional groups attached to an aromatic ring is 1. The molecule has 0 aliphatic carbocycles. The fourth-order valence-corrected chi connectivity index (χ4v) is 2.24. The summed E-state index contributed by atoms with van der Waals surface area (Å²) in [5.41, 5.74) is 5.63. The second-order valence-corrected chi connectivity index (χ2v) is 4.76. The number of anilines is 2. The zero-order valence-corrected chi connectivity index (χ0v) is 10.8. The summed E-state index contributed by atoms with van der Waals surface area (Å²) in [7, 11) is 1.60. The van der Waals surface area contributed by atoms with Crippen LogP contribution >= 0.6 is 0 Å². The van der Waals surface area contributed by atoms with E-state index in [1.807, 2.05) is 0 Å². The third kappa shape index (κ3) is 2.94. The molecule has 0 atom stereocenters. The lowest BCUT2D eigenvalue weighted by Crippen LogP contribution is -2.37. The predicted octanol–water partition coefficient (Wildman–Crippen LogP) is 1.61. The van der Waals surface area contributed by atoms with E-state index in [-0.39, 0.29) is 23.8 Å². The molecule has 0 unspecified atom stereocenters. The van der Waals surface area contributed by atoms with Gasteiger partial charge in [0.25, 0.3) is 0 Å². The number of nitrogens with zero attached hydrogens (tertiary/aromatic N) is 2. The molecule has 1 heterocycles. The van der Waals surface area contributed by atoms with Crippen LogP contribution in [0.15, 0.2) is 12.1 Å². The van der Waals surface area contributed by atoms with E-state index in [4.69, 9.17) is 5.73 Å². The first-order valence-electron chi connectivity index (χ1n) is 6.22. The molecule has 0 spiro atoms. The first-order valence-corrected chi connectivity index (χ1v) is 6.22. The number of nitrogens with two attached hydrogens (primary N) is 1. The summed E-state index contributed by atoms with van der Waals surface area (Å²) in [5, 5.41) is 0. The molecule has 2 N–H and O–H groups in total. The van der Waals surface area contributed by atoms with Gasteiger partial charge in [0.15, 0.2) is 5.82 Å². The highest BCUT2D eigenvalue weighted by atomic mass is 19.1. The lowest BCUT2D eigenvalue weighted by Gasteiger charge is -2.24. The first kappa shape index (κ1) is 13.6. The molecular formula is C13H17F2N3O. The lowest BCUT2D eigenvalue weighted by atomic mass is 10.2. The summed E-state index contributed by atoms with van der Waals surface area (Å²) in [6.07, 6.45) is 2.01. The van der Waals surface area contributed by atoms with Gasteiger partial charge in [-0.15, -0.1) is 0 Å². The average molecular weight is 269 g/mol. The van der Waals surface area contributed by atoms with Gasteiger partial charge in [-0.2, -0.15) is 0 Å². The van der Waals surface area contributed by atoms with Gasteiger partial charge >= 0.3 is 0 Å². The van der Waals surface area contributed by atoms with Crippen LogP contribution in [0.5, 0.6) is 0 Å². The van der Waals surface area contributed by atoms with Crippen LogP contribution in [-0.2, 0) is 4.79 Å². The molecular weight excluding hydrogens is 252 g/mol. The molecule has 1 amide bonds. The van der Waals surface area contributed by atoms with E-state index in [2.05, 4.69) is 0 Å². The van der Waals surface area contributed by atoms with Gasteiger partial charge in [-0.1, -0.05) is 0 Å². The van der Waals surface area contributed by atoms with E-state index >= 15 is 0 Å². The highest BCUT2D eigenvalue weighted by molar-refractivity contribution is 5.83. The molecule has 1 aliphatic heterocycles. The quantitative estimate of drug-likeness (QED) is 0.848. The van der Waals surface area contributed by atoms with Crippen molar-refractivity contribution in [3.63, 3.8) is 0 Å². The molecule has 6 heteroatoms. The number of benzene rings is 1. The number of halogens is 2. The number of carbonyl (C=O) groups is 1. The summed E-state index contributed by atoms with van der Waals surface area (Å²) in [4.78, 5) is 15.2. The molecule has 0 aromatic heterocycles. The van der Waals surface area contributed by atoms with Crippen molar-refractivity contribution in [2.75, 3.05) is 37.3 Å². The Labute approximate surface area is 110 Å². The molecule has 0 radical (unpaired) electrons. The van der Waals surface area contributed by atoms with Crippen molar-refractivity contribution in [3.05, 3.63) is 23.8 Å². The van der Waals surface area contributed by atoms with Gasteiger partial charge in [0.1, 0.15) is 5.82 Å². The van der Waals surface area contributed by atoms with E-state index in [1.54, 1.807) is 11.9 Å². The van der Waals surface area contributed by atoms with Crippen molar-refractivity contribution in [1.82, 2.24) is 4.90 Å². The number of hydrogen-bond acceptors (Lipinski definition) is 3. The van der Waals surface area contributed by atoms with E-state index in [9.17, 15) is 13.6 Å². The van der Waals surface area contributed by atoms with Crippen LogP contribution < -0.4 is 10.6 Å². The number of likely N-dealkylation sites (N-methyl/N-ethyl adjacent to an activating group) is 1. The van der Waals surface area contributed by atoms with Gasteiger partial charge in [-0.25, -0.2) is 8.78 Å². The minimum absolute atomic E-state index is 0.0518. The SMILES string of the molecule is CN(CC(=O)N1CCCC1)c1cc(F)cc(F)c1N. The fraction of sp³-hybridized carbons (Fsp3) is 0.462. The Hall–Kier alpha value is -1.85. The van der Waals surface area contributed by atoms with Crippen LogP contribution in [0.25, 0.3) is 0 Å². The van der Waals surface area contributed by atoms with Crippen molar-refractivity contribution in [2.24, 2.45) is 0 Å². The number of amides is 1. The Bertz CT molecular complexity index is 487. The molecule has 1 saturated heterocycles. The second kappa shape index (κ2) is 5.42. The number of carbonyl (C=O) groups excluding carboxylic acids is 1. The number of rotatable bonds is 3. The van der Waals surface area contributed by atoms with Crippen LogP contribution in [0.3, 0.4) is 0 Å². The first-order chi connectivity index (χ1) is 8.99. The smallest absolute Gasteiger partial charge is 0.242 e. The molecule has 0 saturated carbocycles. The third-order valence-electron chi connectivity index (χ3n) is 3.31. The number of likely N-dealkylation sites (tertiary alicyclic amines) is 1. The van der Waals surface area contributed by atoms with Gasteiger partial charge < -0.3 is 15.5 Å². The van der Waals surface area contributed by atoms with Crippen LogP contribution in [0.1, 0.15) is 12.8 Å². The van der Waals surface area contributed by atoms with Crippen LogP contribution in [0.2, 0.25) is 0 Å². The number of hydrogen-bond donors (Lipinski definition) is 1. The Morgan fingerprint density at radius 2 is 2.00 bits per heavy atom. The largest absolute Gasteiger partial charge is 0.395 e. The molecule has 1 fully saturated rings. The molecule has 104 valence electrons. The second-order valence-electron chi connectivity index (χ2n) is 4.76. The Morgan fingerprint density at radius 1 is 1.37 bits per heavy atom. The van der Waals surface area contributed by atoms with Gasteiger partial charge in [0.05, 0.1) is 17.9 Å². The van der Waals surface area contributed by atoms with Gasteiger partial charge in [0, 0.05) is 26.2 Å². The predicted molar refractivity (Wildman–Crippen MR) is 69.9 cm³/mol. The molecule has 2 rings (SSSR count). The van der Waals surface area contributed by atoms with Crippen LogP contribution in [0.4, 0.5) is 20.2 Å². The van der Waals surface area contributed by atoms with Crippen molar-refractivity contribution in [3.8, 4) is 0 Å². The molecule has 1 aromatic carbocycles. The van der Waals surface area contributed by atoms with E-state index < -0.39 is 11.6 Å². The van der Waals surface area contributed by atoms with E-state index in [0.29, 0.717) is 0 Å². The summed E-state index contributed by atoms with van der Waals surface area (Å²) in [5.74, 6) is -1.57. The Kier molecular flexibility index (Phi) is 3.87. The maximum absolute atomic E-state index is 13.4. The Morgan fingerprint density at radius 3 is 2.63 bits per heavy atom. The van der Waals surface area contributed by atoms with Gasteiger partial charge in [0.2, 0.25) is 5.91 Å². The van der Waals surface area contributed by atoms with Crippen molar-refractivity contribution in [2.45, 2.75) is 12.8 Å². The summed E-state index contributed by atoms with van der Waals surface area (Å²) in [6.45, 7) is 1.56. The van der Waals surface area contributed by atoms with Gasteiger partial charge in [-0.05, 0) is 18.9 Å². The van der Waals surface area contributed by atoms with Crippen molar-refractivity contribution < 1.29 is 13.6 Å². The van der Waals surface area contributed by atoms with Crippen molar-refractivity contribution >= 4 is 17.3 Å².